The molecule has 2 rings (SSSR count). The Morgan fingerprint density at radius 3 is 3.12 bits per heavy atom. The van der Waals surface area contributed by atoms with Crippen LogP contribution in [0, 0.1) is 0 Å². The van der Waals surface area contributed by atoms with E-state index >= 15 is 0 Å². The average molecular weight is 300 g/mol. The van der Waals surface area contributed by atoms with Crippen molar-refractivity contribution in [2.75, 3.05) is 37.0 Å². The standard InChI is InChI=1S/C10H14BrN5O/c1-17-7-6-15(4-2-11)9-10-14-13-8-16(10)5-3-12-9/h3,5,8H,2,4,6-7H2,1H3. The van der Waals surface area contributed by atoms with Crippen molar-refractivity contribution in [1.29, 1.82) is 0 Å². The second kappa shape index (κ2) is 5.92. The number of halogens is 1. The zero-order valence-corrected chi connectivity index (χ0v) is 11.2. The molecule has 0 atom stereocenters. The van der Waals surface area contributed by atoms with Gasteiger partial charge in [-0.25, -0.2) is 4.98 Å². The van der Waals surface area contributed by atoms with Crippen molar-refractivity contribution in [2.45, 2.75) is 0 Å². The first-order valence-electron chi connectivity index (χ1n) is 5.31. The minimum Gasteiger partial charge on any atom is -0.383 e. The van der Waals surface area contributed by atoms with Gasteiger partial charge in [0, 0.05) is 37.9 Å². The van der Waals surface area contributed by atoms with E-state index in [-0.39, 0.29) is 0 Å². The average Bonchev–Trinajstić information content (AvgIpc) is 2.82. The molecular formula is C10H14BrN5O. The zero-order chi connectivity index (χ0) is 12.1. The summed E-state index contributed by atoms with van der Waals surface area (Å²) in [5.41, 5.74) is 0.768. The van der Waals surface area contributed by atoms with Crippen LogP contribution in [0.5, 0.6) is 0 Å². The van der Waals surface area contributed by atoms with E-state index in [0.29, 0.717) is 6.61 Å². The smallest absolute Gasteiger partial charge is 0.203 e. The maximum atomic E-state index is 5.11. The molecule has 7 heteroatoms. The van der Waals surface area contributed by atoms with Crippen LogP contribution in [0.2, 0.25) is 0 Å². The summed E-state index contributed by atoms with van der Waals surface area (Å²) in [7, 11) is 1.69. The monoisotopic (exact) mass is 299 g/mol. The number of anilines is 1. The first-order valence-corrected chi connectivity index (χ1v) is 6.43. The van der Waals surface area contributed by atoms with Gasteiger partial charge in [0.05, 0.1) is 6.61 Å². The molecule has 0 fully saturated rings. The van der Waals surface area contributed by atoms with E-state index < -0.39 is 0 Å². The fourth-order valence-corrected chi connectivity index (χ4v) is 2.02. The van der Waals surface area contributed by atoms with Crippen molar-refractivity contribution >= 4 is 27.4 Å². The number of nitrogens with zero attached hydrogens (tertiary/aromatic N) is 5. The van der Waals surface area contributed by atoms with Crippen LogP contribution < -0.4 is 4.90 Å². The van der Waals surface area contributed by atoms with E-state index in [1.165, 1.54) is 0 Å². The Morgan fingerprint density at radius 1 is 1.47 bits per heavy atom. The van der Waals surface area contributed by atoms with E-state index in [4.69, 9.17) is 4.74 Å². The fraction of sp³-hybridized carbons (Fsp3) is 0.500. The highest BCUT2D eigenvalue weighted by Crippen LogP contribution is 2.15. The van der Waals surface area contributed by atoms with Gasteiger partial charge in [0.25, 0.3) is 0 Å². The number of rotatable bonds is 6. The van der Waals surface area contributed by atoms with Crippen molar-refractivity contribution in [3.63, 3.8) is 0 Å². The summed E-state index contributed by atoms with van der Waals surface area (Å²) >= 11 is 3.44. The SMILES string of the molecule is COCCN(CCBr)c1nccn2cnnc12. The molecule has 0 saturated carbocycles. The number of hydrogen-bond donors (Lipinski definition) is 0. The molecule has 17 heavy (non-hydrogen) atoms. The van der Waals surface area contributed by atoms with Crippen LogP contribution in [-0.2, 0) is 4.74 Å². The molecule has 2 aromatic rings. The van der Waals surface area contributed by atoms with Crippen molar-refractivity contribution in [1.82, 2.24) is 19.6 Å². The third-order valence-electron chi connectivity index (χ3n) is 2.42. The Labute approximate surface area is 108 Å². The molecule has 6 nitrogen and oxygen atoms in total. The molecule has 2 aromatic heterocycles. The Balaban J connectivity index is 2.30. The van der Waals surface area contributed by atoms with E-state index in [2.05, 4.69) is 36.0 Å². The molecule has 92 valence electrons. The Morgan fingerprint density at radius 2 is 2.35 bits per heavy atom. The maximum absolute atomic E-state index is 5.11. The fourth-order valence-electron chi connectivity index (χ4n) is 1.60. The molecule has 2 heterocycles. The van der Waals surface area contributed by atoms with Gasteiger partial charge in [-0.2, -0.15) is 0 Å². The summed E-state index contributed by atoms with van der Waals surface area (Å²) in [6, 6.07) is 0. The third kappa shape index (κ3) is 2.73. The summed E-state index contributed by atoms with van der Waals surface area (Å²) in [6.45, 7) is 2.29. The number of ether oxygens (including phenoxy) is 1. The van der Waals surface area contributed by atoms with Gasteiger partial charge in [-0.1, -0.05) is 15.9 Å². The van der Waals surface area contributed by atoms with Gasteiger partial charge >= 0.3 is 0 Å². The predicted molar refractivity (Wildman–Crippen MR) is 68.7 cm³/mol. The lowest BCUT2D eigenvalue weighted by molar-refractivity contribution is 0.205. The van der Waals surface area contributed by atoms with Gasteiger partial charge in [0.15, 0.2) is 5.82 Å². The van der Waals surface area contributed by atoms with Crippen LogP contribution in [-0.4, -0.2) is 51.7 Å². The molecule has 0 aliphatic heterocycles. The van der Waals surface area contributed by atoms with Crippen LogP contribution in [0.15, 0.2) is 18.7 Å². The van der Waals surface area contributed by atoms with Crippen molar-refractivity contribution in [2.24, 2.45) is 0 Å². The Bertz CT molecular complexity index is 474. The van der Waals surface area contributed by atoms with Gasteiger partial charge in [-0.3, -0.25) is 4.40 Å². The number of hydrogen-bond acceptors (Lipinski definition) is 5. The van der Waals surface area contributed by atoms with Crippen LogP contribution in [0.4, 0.5) is 5.82 Å². The largest absolute Gasteiger partial charge is 0.383 e. The molecule has 0 bridgehead atoms. The Hall–Kier alpha value is -1.21. The van der Waals surface area contributed by atoms with Crippen LogP contribution >= 0.6 is 15.9 Å². The van der Waals surface area contributed by atoms with Crippen LogP contribution in [0.25, 0.3) is 5.65 Å². The number of methoxy groups -OCH3 is 1. The minimum absolute atomic E-state index is 0.657. The topological polar surface area (TPSA) is 55.5 Å². The quantitative estimate of drug-likeness (QED) is 0.744. The molecular weight excluding hydrogens is 286 g/mol. The molecule has 0 radical (unpaired) electrons. The van der Waals surface area contributed by atoms with Gasteiger partial charge in [0.2, 0.25) is 5.65 Å². The number of alkyl halides is 1. The van der Waals surface area contributed by atoms with Crippen molar-refractivity contribution < 1.29 is 4.74 Å². The van der Waals surface area contributed by atoms with Gasteiger partial charge < -0.3 is 9.64 Å². The van der Waals surface area contributed by atoms with E-state index in [9.17, 15) is 0 Å². The molecule has 0 aliphatic rings. The first kappa shape index (κ1) is 12.3. The maximum Gasteiger partial charge on any atom is 0.203 e. The lowest BCUT2D eigenvalue weighted by Crippen LogP contribution is -2.30. The zero-order valence-electron chi connectivity index (χ0n) is 9.58. The van der Waals surface area contributed by atoms with Crippen molar-refractivity contribution in [3.8, 4) is 0 Å². The first-order chi connectivity index (χ1) is 8.36. The second-order valence-electron chi connectivity index (χ2n) is 3.48. The van der Waals surface area contributed by atoms with Gasteiger partial charge in [-0.05, 0) is 0 Å². The van der Waals surface area contributed by atoms with E-state index in [0.717, 1.165) is 29.9 Å². The number of aromatic nitrogens is 4. The highest BCUT2D eigenvalue weighted by atomic mass is 79.9. The third-order valence-corrected chi connectivity index (χ3v) is 2.77. The molecule has 0 aliphatic carbocycles. The predicted octanol–water partition coefficient (Wildman–Crippen LogP) is 0.972. The Kier molecular flexibility index (Phi) is 4.27. The lowest BCUT2D eigenvalue weighted by Gasteiger charge is -2.22. The molecule has 0 unspecified atom stereocenters. The molecule has 0 amide bonds. The highest BCUT2D eigenvalue weighted by molar-refractivity contribution is 9.09. The molecule has 0 aromatic carbocycles. The molecule has 0 saturated heterocycles. The lowest BCUT2D eigenvalue weighted by atomic mass is 10.4. The van der Waals surface area contributed by atoms with Gasteiger partial charge in [-0.15, -0.1) is 10.2 Å². The van der Waals surface area contributed by atoms with E-state index in [1.54, 1.807) is 19.6 Å². The van der Waals surface area contributed by atoms with Crippen molar-refractivity contribution in [3.05, 3.63) is 18.7 Å². The summed E-state index contributed by atoms with van der Waals surface area (Å²) in [6.07, 6.45) is 5.25. The van der Waals surface area contributed by atoms with Gasteiger partial charge in [0.1, 0.15) is 6.33 Å². The molecule has 0 N–H and O–H groups in total. The minimum atomic E-state index is 0.657. The number of fused-ring (bicyclic) bond motifs is 1. The second-order valence-corrected chi connectivity index (χ2v) is 4.27. The summed E-state index contributed by atoms with van der Waals surface area (Å²) in [5.74, 6) is 0.835. The molecule has 0 spiro atoms. The summed E-state index contributed by atoms with van der Waals surface area (Å²) in [4.78, 5) is 6.50. The summed E-state index contributed by atoms with van der Waals surface area (Å²) in [5, 5.41) is 8.84. The van der Waals surface area contributed by atoms with E-state index in [1.807, 2.05) is 10.6 Å². The van der Waals surface area contributed by atoms with Crippen LogP contribution in [0.3, 0.4) is 0 Å². The van der Waals surface area contributed by atoms with Crippen LogP contribution in [0.1, 0.15) is 0 Å². The highest BCUT2D eigenvalue weighted by Gasteiger charge is 2.12. The summed E-state index contributed by atoms with van der Waals surface area (Å²) < 4.78 is 6.96. The normalized spacial score (nSPS) is 10.9.